The Labute approximate surface area is 113 Å². The predicted molar refractivity (Wildman–Crippen MR) is 72.9 cm³/mol. The SMILES string of the molecule is COc1ccc(Sc2ccc(O)c(Br)c2)cc1. The highest BCUT2D eigenvalue weighted by Gasteiger charge is 2.02. The van der Waals surface area contributed by atoms with Gasteiger partial charge < -0.3 is 9.84 Å². The van der Waals surface area contributed by atoms with Crippen LogP contribution in [0.2, 0.25) is 0 Å². The Kier molecular flexibility index (Phi) is 3.97. The van der Waals surface area contributed by atoms with Gasteiger partial charge in [0.05, 0.1) is 11.6 Å². The van der Waals surface area contributed by atoms with Crippen molar-refractivity contribution >= 4 is 27.7 Å². The van der Waals surface area contributed by atoms with Crippen LogP contribution in [-0.2, 0) is 0 Å². The van der Waals surface area contributed by atoms with Gasteiger partial charge in [-0.15, -0.1) is 0 Å². The molecule has 2 aromatic carbocycles. The van der Waals surface area contributed by atoms with Crippen LogP contribution in [0, 0.1) is 0 Å². The van der Waals surface area contributed by atoms with Crippen molar-refractivity contribution in [1.29, 1.82) is 0 Å². The zero-order valence-corrected chi connectivity index (χ0v) is 11.6. The van der Waals surface area contributed by atoms with E-state index in [9.17, 15) is 5.11 Å². The second kappa shape index (κ2) is 5.47. The molecule has 2 rings (SSSR count). The van der Waals surface area contributed by atoms with Crippen LogP contribution in [0.3, 0.4) is 0 Å². The molecule has 17 heavy (non-hydrogen) atoms. The fourth-order valence-electron chi connectivity index (χ4n) is 1.33. The molecule has 1 N–H and O–H groups in total. The minimum absolute atomic E-state index is 0.254. The number of phenolic OH excluding ortho intramolecular Hbond substituents is 1. The molecule has 0 bridgehead atoms. The van der Waals surface area contributed by atoms with E-state index in [0.29, 0.717) is 4.47 Å². The summed E-state index contributed by atoms with van der Waals surface area (Å²) >= 11 is 4.93. The molecule has 0 aliphatic heterocycles. The van der Waals surface area contributed by atoms with E-state index in [1.165, 1.54) is 0 Å². The van der Waals surface area contributed by atoms with Gasteiger partial charge in [0.15, 0.2) is 0 Å². The monoisotopic (exact) mass is 310 g/mol. The van der Waals surface area contributed by atoms with Crippen molar-refractivity contribution in [1.82, 2.24) is 0 Å². The van der Waals surface area contributed by atoms with Crippen molar-refractivity contribution in [3.05, 3.63) is 46.9 Å². The smallest absolute Gasteiger partial charge is 0.129 e. The van der Waals surface area contributed by atoms with E-state index in [1.54, 1.807) is 24.9 Å². The summed E-state index contributed by atoms with van der Waals surface area (Å²) in [5, 5.41) is 9.41. The molecule has 0 unspecified atom stereocenters. The summed E-state index contributed by atoms with van der Waals surface area (Å²) in [7, 11) is 1.65. The molecule has 2 nitrogen and oxygen atoms in total. The standard InChI is InChI=1S/C13H11BrO2S/c1-16-9-2-4-10(5-3-9)17-11-6-7-13(15)12(14)8-11/h2-8,15H,1H3. The number of ether oxygens (including phenoxy) is 1. The van der Waals surface area contributed by atoms with Crippen molar-refractivity contribution in [2.24, 2.45) is 0 Å². The number of hydrogen-bond donors (Lipinski definition) is 1. The molecule has 0 saturated carbocycles. The Morgan fingerprint density at radius 2 is 1.71 bits per heavy atom. The number of aromatic hydroxyl groups is 1. The average Bonchev–Trinajstić information content (AvgIpc) is 2.35. The third-order valence-corrected chi connectivity index (χ3v) is 3.85. The lowest BCUT2D eigenvalue weighted by Gasteiger charge is -2.04. The Morgan fingerprint density at radius 1 is 1.06 bits per heavy atom. The molecule has 0 spiro atoms. The van der Waals surface area contributed by atoms with E-state index in [0.717, 1.165) is 15.5 Å². The zero-order chi connectivity index (χ0) is 12.3. The molecule has 0 aromatic heterocycles. The summed E-state index contributed by atoms with van der Waals surface area (Å²) in [4.78, 5) is 2.20. The predicted octanol–water partition coefficient (Wildman–Crippen LogP) is 4.31. The summed E-state index contributed by atoms with van der Waals surface area (Å²) in [6, 6.07) is 13.3. The minimum Gasteiger partial charge on any atom is -0.507 e. The second-order valence-electron chi connectivity index (χ2n) is 3.39. The normalized spacial score (nSPS) is 10.2. The summed E-state index contributed by atoms with van der Waals surface area (Å²) in [6.07, 6.45) is 0. The number of benzene rings is 2. The molecule has 0 heterocycles. The molecule has 0 aliphatic rings. The minimum atomic E-state index is 0.254. The van der Waals surface area contributed by atoms with Crippen LogP contribution in [0.4, 0.5) is 0 Å². The molecule has 0 radical (unpaired) electrons. The van der Waals surface area contributed by atoms with Gasteiger partial charge in [-0.2, -0.15) is 0 Å². The van der Waals surface area contributed by atoms with E-state index >= 15 is 0 Å². The highest BCUT2D eigenvalue weighted by atomic mass is 79.9. The highest BCUT2D eigenvalue weighted by molar-refractivity contribution is 9.10. The Morgan fingerprint density at radius 3 is 2.29 bits per heavy atom. The van der Waals surface area contributed by atoms with Crippen LogP contribution in [0.1, 0.15) is 0 Å². The topological polar surface area (TPSA) is 29.5 Å². The zero-order valence-electron chi connectivity index (χ0n) is 9.18. The van der Waals surface area contributed by atoms with Gasteiger partial charge in [0.25, 0.3) is 0 Å². The first-order valence-corrected chi connectivity index (χ1v) is 6.60. The lowest BCUT2D eigenvalue weighted by Crippen LogP contribution is -1.81. The third-order valence-electron chi connectivity index (χ3n) is 2.21. The van der Waals surface area contributed by atoms with E-state index < -0.39 is 0 Å². The third kappa shape index (κ3) is 3.17. The lowest BCUT2D eigenvalue weighted by atomic mass is 10.3. The number of halogens is 1. The summed E-state index contributed by atoms with van der Waals surface area (Å²) in [5.41, 5.74) is 0. The molecule has 0 aliphatic carbocycles. The highest BCUT2D eigenvalue weighted by Crippen LogP contribution is 2.33. The van der Waals surface area contributed by atoms with E-state index in [-0.39, 0.29) is 5.75 Å². The van der Waals surface area contributed by atoms with Crippen LogP contribution >= 0.6 is 27.7 Å². The van der Waals surface area contributed by atoms with Gasteiger partial charge in [0.1, 0.15) is 11.5 Å². The maximum atomic E-state index is 9.41. The van der Waals surface area contributed by atoms with E-state index in [2.05, 4.69) is 15.9 Å². The molecule has 4 heteroatoms. The number of rotatable bonds is 3. The number of methoxy groups -OCH3 is 1. The van der Waals surface area contributed by atoms with Crippen LogP contribution < -0.4 is 4.74 Å². The molecular formula is C13H11BrO2S. The largest absolute Gasteiger partial charge is 0.507 e. The van der Waals surface area contributed by atoms with Crippen molar-refractivity contribution in [2.75, 3.05) is 7.11 Å². The fraction of sp³-hybridized carbons (Fsp3) is 0.0769. The summed E-state index contributed by atoms with van der Waals surface area (Å²) in [6.45, 7) is 0. The van der Waals surface area contributed by atoms with Crippen molar-refractivity contribution in [3.63, 3.8) is 0 Å². The fourth-order valence-corrected chi connectivity index (χ4v) is 2.72. The quantitative estimate of drug-likeness (QED) is 0.915. The van der Waals surface area contributed by atoms with Crippen molar-refractivity contribution in [2.45, 2.75) is 9.79 Å². The Balaban J connectivity index is 2.16. The van der Waals surface area contributed by atoms with Crippen molar-refractivity contribution in [3.8, 4) is 11.5 Å². The first-order chi connectivity index (χ1) is 8.19. The van der Waals surface area contributed by atoms with Gasteiger partial charge >= 0.3 is 0 Å². The molecule has 0 saturated heterocycles. The molecule has 0 atom stereocenters. The number of hydrogen-bond acceptors (Lipinski definition) is 3. The molecule has 0 amide bonds. The van der Waals surface area contributed by atoms with Crippen LogP contribution in [-0.4, -0.2) is 12.2 Å². The second-order valence-corrected chi connectivity index (χ2v) is 5.39. The van der Waals surface area contributed by atoms with Gasteiger partial charge in [-0.3, -0.25) is 0 Å². The van der Waals surface area contributed by atoms with Crippen molar-refractivity contribution < 1.29 is 9.84 Å². The van der Waals surface area contributed by atoms with Gasteiger partial charge in [0, 0.05) is 9.79 Å². The van der Waals surface area contributed by atoms with Crippen LogP contribution in [0.25, 0.3) is 0 Å². The summed E-state index contributed by atoms with van der Waals surface area (Å²) in [5.74, 6) is 1.10. The van der Waals surface area contributed by atoms with E-state index in [1.807, 2.05) is 36.4 Å². The van der Waals surface area contributed by atoms with Crippen LogP contribution in [0.15, 0.2) is 56.7 Å². The van der Waals surface area contributed by atoms with Gasteiger partial charge in [-0.25, -0.2) is 0 Å². The average molecular weight is 311 g/mol. The first kappa shape index (κ1) is 12.3. The maximum absolute atomic E-state index is 9.41. The molecule has 2 aromatic rings. The van der Waals surface area contributed by atoms with Gasteiger partial charge in [-0.1, -0.05) is 11.8 Å². The first-order valence-electron chi connectivity index (χ1n) is 4.99. The number of phenols is 1. The van der Waals surface area contributed by atoms with Gasteiger partial charge in [-0.05, 0) is 58.4 Å². The van der Waals surface area contributed by atoms with E-state index in [4.69, 9.17) is 4.74 Å². The lowest BCUT2D eigenvalue weighted by molar-refractivity contribution is 0.414. The Bertz CT molecular complexity index is 511. The summed E-state index contributed by atoms with van der Waals surface area (Å²) < 4.78 is 5.81. The van der Waals surface area contributed by atoms with Crippen LogP contribution in [0.5, 0.6) is 11.5 Å². The molecule has 0 fully saturated rings. The Hall–Kier alpha value is -1.13. The maximum Gasteiger partial charge on any atom is 0.129 e. The molecule has 88 valence electrons. The molecular weight excluding hydrogens is 300 g/mol. The van der Waals surface area contributed by atoms with Gasteiger partial charge in [0.2, 0.25) is 0 Å².